The quantitative estimate of drug-likeness (QED) is 0.234. The van der Waals surface area contributed by atoms with Crippen LogP contribution < -0.4 is 28.5 Å². The van der Waals surface area contributed by atoms with Crippen LogP contribution >= 0.6 is 22.7 Å². The number of hydrogen-bond acceptors (Lipinski definition) is 2. The number of thiazole rings is 2. The molecule has 0 N–H and O–H groups in total. The van der Waals surface area contributed by atoms with Gasteiger partial charge in [-0.1, -0.05) is 59.9 Å². The number of aromatic nitrogens is 2. The van der Waals surface area contributed by atoms with Crippen molar-refractivity contribution in [3.8, 4) is 0 Å². The molecule has 0 aliphatic heterocycles. The summed E-state index contributed by atoms with van der Waals surface area (Å²) in [6.07, 6.45) is 2.36. The molecule has 0 bridgehead atoms. The van der Waals surface area contributed by atoms with Crippen molar-refractivity contribution < 1.29 is 28.5 Å². The van der Waals surface area contributed by atoms with E-state index in [1.165, 1.54) is 52.3 Å². The second-order valence-electron chi connectivity index (χ2n) is 7.40. The maximum atomic E-state index is 2.43. The molecule has 0 unspecified atom stereocenters. The number of rotatable bonds is 2. The highest BCUT2D eigenvalue weighted by atomic mass is 127. The van der Waals surface area contributed by atoms with Crippen LogP contribution in [0, 0.1) is 0 Å². The van der Waals surface area contributed by atoms with E-state index in [1.54, 1.807) is 0 Å². The van der Waals surface area contributed by atoms with Crippen molar-refractivity contribution in [3.63, 3.8) is 0 Å². The summed E-state index contributed by atoms with van der Waals surface area (Å²) in [7, 11) is 2.16. The van der Waals surface area contributed by atoms with Crippen molar-refractivity contribution in [1.29, 1.82) is 0 Å². The summed E-state index contributed by atoms with van der Waals surface area (Å²) in [4.78, 5) is 1.32. The lowest BCUT2D eigenvalue weighted by molar-refractivity contribution is -0.642. The summed E-state index contributed by atoms with van der Waals surface area (Å²) >= 11 is 3.73. The molecule has 0 amide bonds. The second kappa shape index (κ2) is 7.48. The van der Waals surface area contributed by atoms with Gasteiger partial charge in [0.05, 0.1) is 15.9 Å². The van der Waals surface area contributed by atoms with Gasteiger partial charge in [0.25, 0.3) is 5.01 Å². The van der Waals surface area contributed by atoms with Crippen molar-refractivity contribution in [1.82, 2.24) is 4.40 Å². The molecular weight excluding hydrogens is 519 g/mol. The van der Waals surface area contributed by atoms with Crippen molar-refractivity contribution in [2.45, 2.75) is 6.92 Å². The minimum Gasteiger partial charge on any atom is -1.00 e. The number of hydrogen-bond donors (Lipinski definition) is 0. The summed E-state index contributed by atoms with van der Waals surface area (Å²) < 4.78 is 7.39. The third-order valence-corrected chi connectivity index (χ3v) is 8.13. The van der Waals surface area contributed by atoms with Gasteiger partial charge in [-0.15, -0.1) is 11.3 Å². The normalized spacial score (nSPS) is 12.3. The van der Waals surface area contributed by atoms with Crippen LogP contribution in [0.1, 0.15) is 17.6 Å². The lowest BCUT2D eigenvalue weighted by Gasteiger charge is -2.00. The van der Waals surface area contributed by atoms with Crippen LogP contribution in [-0.2, 0) is 7.05 Å². The predicted molar refractivity (Wildman–Crippen MR) is 127 cm³/mol. The number of para-hydroxylation sites is 2. The van der Waals surface area contributed by atoms with Gasteiger partial charge in [0.15, 0.2) is 0 Å². The summed E-state index contributed by atoms with van der Waals surface area (Å²) in [5.41, 5.74) is 5.12. The zero-order valence-electron chi connectivity index (χ0n) is 16.6. The molecule has 30 heavy (non-hydrogen) atoms. The topological polar surface area (TPSA) is 8.29 Å². The van der Waals surface area contributed by atoms with Crippen LogP contribution in [0.25, 0.3) is 47.7 Å². The highest BCUT2D eigenvalue weighted by molar-refractivity contribution is 7.24. The van der Waals surface area contributed by atoms with Gasteiger partial charge in [-0.05, 0) is 31.2 Å². The molecule has 3 aromatic heterocycles. The molecule has 3 aromatic carbocycles. The first-order valence-corrected chi connectivity index (χ1v) is 11.3. The van der Waals surface area contributed by atoms with Crippen LogP contribution in [-0.4, -0.2) is 4.40 Å². The average molecular weight is 538 g/mol. The standard InChI is InChI=1S/C25H19N2S2.HI/c1-16(24-26(2)19-11-5-7-13-22(19)28-24)15-21-17-9-3-4-10-18(17)25-27(21)20-12-6-8-14-23(20)29-25;/h3-15H,1-2H3;1H/q+1;/p-1. The van der Waals surface area contributed by atoms with Gasteiger partial charge in [-0.3, -0.25) is 4.40 Å². The Kier molecular flexibility index (Phi) is 4.92. The number of benzene rings is 3. The fourth-order valence-corrected chi connectivity index (χ4v) is 6.59. The SMILES string of the molecule is C/C(=C\c1c2ccccc2c2sc3ccccc3n12)c1sc2ccccc2[n+]1C.[I-]. The molecule has 3 heterocycles. The molecule has 5 heteroatoms. The first-order chi connectivity index (χ1) is 14.2. The monoisotopic (exact) mass is 538 g/mol. The van der Waals surface area contributed by atoms with E-state index in [9.17, 15) is 0 Å². The fraction of sp³-hybridized carbons (Fsp3) is 0.0800. The molecule has 6 aromatic rings. The van der Waals surface area contributed by atoms with Gasteiger partial charge in [0.2, 0.25) is 5.52 Å². The number of aryl methyl sites for hydroxylation is 1. The summed E-state index contributed by atoms with van der Waals surface area (Å²) in [5, 5.41) is 3.94. The highest BCUT2D eigenvalue weighted by Gasteiger charge is 2.20. The molecule has 0 aliphatic rings. The Morgan fingerprint density at radius 2 is 1.50 bits per heavy atom. The molecule has 0 aliphatic carbocycles. The number of nitrogens with zero attached hydrogens (tertiary/aromatic N) is 2. The Hall–Kier alpha value is -2.22. The average Bonchev–Trinajstić information content (AvgIpc) is 3.39. The van der Waals surface area contributed by atoms with E-state index in [0.29, 0.717) is 0 Å². The minimum absolute atomic E-state index is 0. The molecule has 0 fully saturated rings. The van der Waals surface area contributed by atoms with E-state index in [0.717, 1.165) is 0 Å². The molecule has 0 radical (unpaired) electrons. The summed E-state index contributed by atoms with van der Waals surface area (Å²) in [6, 6.07) is 26.1. The van der Waals surface area contributed by atoms with Gasteiger partial charge in [0, 0.05) is 22.4 Å². The van der Waals surface area contributed by atoms with E-state index in [4.69, 9.17) is 0 Å². The number of allylic oxidation sites excluding steroid dienone is 1. The van der Waals surface area contributed by atoms with E-state index >= 15 is 0 Å². The van der Waals surface area contributed by atoms with Crippen LogP contribution in [0.2, 0.25) is 0 Å². The van der Waals surface area contributed by atoms with Gasteiger partial charge in [-0.25, -0.2) is 0 Å². The van der Waals surface area contributed by atoms with E-state index in [1.807, 2.05) is 22.7 Å². The van der Waals surface area contributed by atoms with E-state index < -0.39 is 0 Å². The van der Waals surface area contributed by atoms with Crippen molar-refractivity contribution in [3.05, 3.63) is 83.5 Å². The molecule has 0 saturated carbocycles. The molecule has 2 nitrogen and oxygen atoms in total. The first kappa shape index (κ1) is 19.7. The van der Waals surface area contributed by atoms with Gasteiger partial charge in [0.1, 0.15) is 16.6 Å². The lowest BCUT2D eigenvalue weighted by atomic mass is 10.1. The molecule has 148 valence electrons. The lowest BCUT2D eigenvalue weighted by Crippen LogP contribution is -3.00. The molecular formula is C25H19IN2S2. The van der Waals surface area contributed by atoms with Gasteiger partial charge >= 0.3 is 0 Å². The van der Waals surface area contributed by atoms with Crippen molar-refractivity contribution in [2.75, 3.05) is 0 Å². The Morgan fingerprint density at radius 3 is 2.30 bits per heavy atom. The second-order valence-corrected chi connectivity index (χ2v) is 9.46. The van der Waals surface area contributed by atoms with Crippen LogP contribution in [0.15, 0.2) is 72.8 Å². The van der Waals surface area contributed by atoms with Crippen molar-refractivity contribution >= 4 is 70.4 Å². The van der Waals surface area contributed by atoms with Crippen molar-refractivity contribution in [2.24, 2.45) is 7.05 Å². The highest BCUT2D eigenvalue weighted by Crippen LogP contribution is 2.38. The Morgan fingerprint density at radius 1 is 0.833 bits per heavy atom. The summed E-state index contributed by atoms with van der Waals surface area (Å²) in [5.74, 6) is 0. The minimum atomic E-state index is 0. The molecule has 0 spiro atoms. The van der Waals surface area contributed by atoms with Crippen LogP contribution in [0.5, 0.6) is 0 Å². The third kappa shape index (κ3) is 2.83. The Balaban J connectivity index is 0.00000193. The van der Waals surface area contributed by atoms with Crippen LogP contribution in [0.3, 0.4) is 0 Å². The zero-order chi connectivity index (χ0) is 19.5. The Bertz CT molecular complexity index is 1580. The maximum absolute atomic E-state index is 2.43. The van der Waals surface area contributed by atoms with Gasteiger partial charge in [-0.2, -0.15) is 4.57 Å². The Labute approximate surface area is 199 Å². The van der Waals surface area contributed by atoms with E-state index in [-0.39, 0.29) is 24.0 Å². The smallest absolute Gasteiger partial charge is 0.265 e. The number of fused-ring (bicyclic) bond motifs is 6. The fourth-order valence-electron chi connectivity index (χ4n) is 4.27. The molecule has 0 atom stereocenters. The number of halogens is 1. The van der Waals surface area contributed by atoms with Crippen LogP contribution in [0.4, 0.5) is 0 Å². The largest absolute Gasteiger partial charge is 1.00 e. The van der Waals surface area contributed by atoms with E-state index in [2.05, 4.69) is 102 Å². The zero-order valence-corrected chi connectivity index (χ0v) is 20.4. The molecule has 6 rings (SSSR count). The maximum Gasteiger partial charge on any atom is 0.265 e. The predicted octanol–water partition coefficient (Wildman–Crippen LogP) is 3.91. The van der Waals surface area contributed by atoms with Gasteiger partial charge < -0.3 is 24.0 Å². The summed E-state index contributed by atoms with van der Waals surface area (Å²) in [6.45, 7) is 2.23. The molecule has 0 saturated heterocycles. The third-order valence-electron chi connectivity index (χ3n) is 5.62. The first-order valence-electron chi connectivity index (χ1n) is 9.69.